The van der Waals surface area contributed by atoms with Gasteiger partial charge in [0.25, 0.3) is 0 Å². The summed E-state index contributed by atoms with van der Waals surface area (Å²) >= 11 is 0. The number of fused-ring (bicyclic) bond motifs is 5. The van der Waals surface area contributed by atoms with E-state index in [9.17, 15) is 10.2 Å². The Balaban J connectivity index is 0.00000109. The first-order valence-electron chi connectivity index (χ1n) is 9.99. The molecule has 0 amide bonds. The highest BCUT2D eigenvalue weighted by Crippen LogP contribution is 2.36. The van der Waals surface area contributed by atoms with Gasteiger partial charge in [-0.25, -0.2) is 0 Å². The lowest BCUT2D eigenvalue weighted by atomic mass is 9.88. The summed E-state index contributed by atoms with van der Waals surface area (Å²) < 4.78 is 0. The molecule has 2 N–H and O–H groups in total. The zero-order chi connectivity index (χ0) is 20.3. The molecule has 0 saturated carbocycles. The van der Waals surface area contributed by atoms with Gasteiger partial charge in [-0.15, -0.1) is 0 Å². The molecule has 0 spiro atoms. The molecule has 0 saturated heterocycles. The summed E-state index contributed by atoms with van der Waals surface area (Å²) in [5.74, 6) is 0.704. The molecule has 0 aromatic heterocycles. The van der Waals surface area contributed by atoms with Gasteiger partial charge in [-0.2, -0.15) is 0 Å². The minimum atomic E-state index is 0.251. The number of aliphatic hydroxyl groups excluding tert-OH is 2. The second-order valence-corrected chi connectivity index (χ2v) is 6.90. The Kier molecular flexibility index (Phi) is 5.89. The standard InChI is InChI=1S/C24H22O2.C2H6/c1-3-4-17(25)13-23-15(2)5-9-19-20-10-7-16-6-8-18(26)14-24(16)22(20)12-11-21(19)23;1-2/h3-5,7,9-14,25-26H,6,8H2,1-2H3;1-2H3/b4-3+,17-13+;. The Morgan fingerprint density at radius 3 is 2.29 bits per heavy atom. The minimum absolute atomic E-state index is 0.251. The lowest BCUT2D eigenvalue weighted by Crippen LogP contribution is -2.00. The van der Waals surface area contributed by atoms with E-state index in [1.807, 2.05) is 39.0 Å². The SMILES string of the molecule is C/C=C/C(O)=C\c1c(C)ccc2c1ccc1c3c(ccc12)CCC(O)=C3.CC. The summed E-state index contributed by atoms with van der Waals surface area (Å²) in [6.45, 7) is 7.95. The van der Waals surface area contributed by atoms with Crippen LogP contribution in [0.2, 0.25) is 0 Å². The topological polar surface area (TPSA) is 40.5 Å². The van der Waals surface area contributed by atoms with Crippen LogP contribution in [0.15, 0.2) is 60.1 Å². The van der Waals surface area contributed by atoms with Crippen LogP contribution in [0.5, 0.6) is 0 Å². The van der Waals surface area contributed by atoms with E-state index < -0.39 is 0 Å². The number of benzene rings is 3. The maximum atomic E-state index is 10.1. The molecule has 3 aromatic carbocycles. The van der Waals surface area contributed by atoms with Crippen LogP contribution in [0.3, 0.4) is 0 Å². The molecule has 2 heteroatoms. The molecule has 0 fully saturated rings. The van der Waals surface area contributed by atoms with Crippen LogP contribution < -0.4 is 0 Å². The van der Waals surface area contributed by atoms with E-state index in [-0.39, 0.29) is 5.76 Å². The monoisotopic (exact) mass is 372 g/mol. The molecule has 2 nitrogen and oxygen atoms in total. The normalized spacial score (nSPS) is 14.0. The maximum absolute atomic E-state index is 10.1. The molecule has 28 heavy (non-hydrogen) atoms. The zero-order valence-electron chi connectivity index (χ0n) is 17.1. The third-order valence-electron chi connectivity index (χ3n) is 5.18. The highest BCUT2D eigenvalue weighted by molar-refractivity contribution is 6.12. The molecule has 144 valence electrons. The number of aliphatic hydroxyl groups is 2. The van der Waals surface area contributed by atoms with E-state index in [2.05, 4.69) is 43.3 Å². The lowest BCUT2D eigenvalue weighted by molar-refractivity contribution is 0.391. The van der Waals surface area contributed by atoms with Crippen molar-refractivity contribution in [2.75, 3.05) is 0 Å². The van der Waals surface area contributed by atoms with E-state index in [4.69, 9.17) is 0 Å². The van der Waals surface area contributed by atoms with Crippen molar-refractivity contribution in [3.05, 3.63) is 82.3 Å². The highest BCUT2D eigenvalue weighted by atomic mass is 16.3. The van der Waals surface area contributed by atoms with Crippen molar-refractivity contribution >= 4 is 33.7 Å². The second kappa shape index (κ2) is 8.35. The number of aryl methyl sites for hydroxylation is 2. The zero-order valence-corrected chi connectivity index (χ0v) is 17.1. The number of allylic oxidation sites excluding steroid dienone is 3. The highest BCUT2D eigenvalue weighted by Gasteiger charge is 2.14. The number of hydrogen-bond acceptors (Lipinski definition) is 2. The van der Waals surface area contributed by atoms with Crippen LogP contribution in [-0.4, -0.2) is 10.2 Å². The predicted molar refractivity (Wildman–Crippen MR) is 122 cm³/mol. The summed E-state index contributed by atoms with van der Waals surface area (Å²) in [6, 6.07) is 12.9. The first-order chi connectivity index (χ1) is 13.6. The summed E-state index contributed by atoms with van der Waals surface area (Å²) in [5.41, 5.74) is 4.58. The summed E-state index contributed by atoms with van der Waals surface area (Å²) in [5, 5.41) is 24.7. The smallest absolute Gasteiger partial charge is 0.115 e. The molecule has 1 aliphatic carbocycles. The average molecular weight is 373 g/mol. The van der Waals surface area contributed by atoms with Gasteiger partial charge in [-0.1, -0.05) is 56.3 Å². The number of rotatable bonds is 2. The van der Waals surface area contributed by atoms with E-state index in [1.54, 1.807) is 6.08 Å². The van der Waals surface area contributed by atoms with Crippen molar-refractivity contribution in [2.24, 2.45) is 0 Å². The van der Waals surface area contributed by atoms with Crippen molar-refractivity contribution in [1.82, 2.24) is 0 Å². The molecule has 0 radical (unpaired) electrons. The Hall–Kier alpha value is -3.00. The van der Waals surface area contributed by atoms with E-state index in [0.717, 1.165) is 39.3 Å². The minimum Gasteiger partial charge on any atom is -0.512 e. The Labute approximate surface area is 167 Å². The van der Waals surface area contributed by atoms with Crippen LogP contribution >= 0.6 is 0 Å². The van der Waals surface area contributed by atoms with Gasteiger partial charge in [0.15, 0.2) is 0 Å². The molecule has 0 unspecified atom stereocenters. The third-order valence-corrected chi connectivity index (χ3v) is 5.18. The Morgan fingerprint density at radius 1 is 0.893 bits per heavy atom. The van der Waals surface area contributed by atoms with Gasteiger partial charge in [0.2, 0.25) is 0 Å². The molecular formula is C26H28O2. The predicted octanol–water partition coefficient (Wildman–Crippen LogP) is 7.65. The quantitative estimate of drug-likeness (QED) is 0.275. The molecule has 0 atom stereocenters. The molecular weight excluding hydrogens is 344 g/mol. The molecule has 4 rings (SSSR count). The largest absolute Gasteiger partial charge is 0.512 e. The molecule has 0 heterocycles. The van der Waals surface area contributed by atoms with Gasteiger partial charge >= 0.3 is 0 Å². The van der Waals surface area contributed by atoms with Gasteiger partial charge in [0.1, 0.15) is 5.76 Å². The van der Waals surface area contributed by atoms with Crippen LogP contribution in [-0.2, 0) is 6.42 Å². The van der Waals surface area contributed by atoms with Crippen molar-refractivity contribution in [3.8, 4) is 0 Å². The number of hydrogen-bond donors (Lipinski definition) is 2. The van der Waals surface area contributed by atoms with Gasteiger partial charge < -0.3 is 10.2 Å². The van der Waals surface area contributed by atoms with Crippen LogP contribution in [0.1, 0.15) is 49.4 Å². The van der Waals surface area contributed by atoms with Crippen LogP contribution in [0.4, 0.5) is 0 Å². The molecule has 1 aliphatic rings. The third kappa shape index (κ3) is 3.55. The van der Waals surface area contributed by atoms with Gasteiger partial charge in [0.05, 0.1) is 5.76 Å². The van der Waals surface area contributed by atoms with E-state index in [0.29, 0.717) is 12.2 Å². The summed E-state index contributed by atoms with van der Waals surface area (Å²) in [4.78, 5) is 0. The molecule has 3 aromatic rings. The summed E-state index contributed by atoms with van der Waals surface area (Å²) in [7, 11) is 0. The van der Waals surface area contributed by atoms with Crippen molar-refractivity contribution in [3.63, 3.8) is 0 Å². The summed E-state index contributed by atoms with van der Waals surface area (Å²) in [6.07, 6.45) is 8.85. The van der Waals surface area contributed by atoms with E-state index in [1.165, 1.54) is 10.9 Å². The fourth-order valence-corrected chi connectivity index (χ4v) is 3.87. The van der Waals surface area contributed by atoms with Gasteiger partial charge in [0, 0.05) is 6.42 Å². The van der Waals surface area contributed by atoms with Crippen LogP contribution in [0, 0.1) is 6.92 Å². The Bertz CT molecular complexity index is 1110. The van der Waals surface area contributed by atoms with Crippen molar-refractivity contribution < 1.29 is 10.2 Å². The molecule has 0 bridgehead atoms. The van der Waals surface area contributed by atoms with Gasteiger partial charge in [-0.3, -0.25) is 0 Å². The van der Waals surface area contributed by atoms with Crippen molar-refractivity contribution in [1.29, 1.82) is 0 Å². The van der Waals surface area contributed by atoms with Crippen LogP contribution in [0.25, 0.3) is 33.7 Å². The average Bonchev–Trinajstić information content (AvgIpc) is 2.71. The fraction of sp³-hybridized carbons (Fsp3) is 0.231. The second-order valence-electron chi connectivity index (χ2n) is 6.90. The fourth-order valence-electron chi connectivity index (χ4n) is 3.87. The maximum Gasteiger partial charge on any atom is 0.115 e. The first-order valence-corrected chi connectivity index (χ1v) is 9.99. The Morgan fingerprint density at radius 2 is 1.54 bits per heavy atom. The molecule has 0 aliphatic heterocycles. The lowest BCUT2D eigenvalue weighted by Gasteiger charge is -2.17. The van der Waals surface area contributed by atoms with E-state index >= 15 is 0 Å². The van der Waals surface area contributed by atoms with Crippen molar-refractivity contribution in [2.45, 2.75) is 40.5 Å². The first kappa shape index (κ1) is 19.8. The van der Waals surface area contributed by atoms with Gasteiger partial charge in [-0.05, 0) is 82.3 Å².